The molecule has 3 aromatic heterocycles. The molecule has 6 N–H and O–H groups in total. The zero-order valence-electron chi connectivity index (χ0n) is 25.4. The number of nitrogens with two attached hydrogens (primary N) is 2. The number of anilines is 2. The number of aromatic nitrogens is 4. The van der Waals surface area contributed by atoms with Gasteiger partial charge < -0.3 is 21.9 Å². The van der Waals surface area contributed by atoms with Crippen LogP contribution < -0.4 is 16.8 Å². The van der Waals surface area contributed by atoms with Gasteiger partial charge in [0.15, 0.2) is 11.5 Å². The van der Waals surface area contributed by atoms with Crippen LogP contribution in [0.25, 0.3) is 39.5 Å². The standard InChI is InChI=1S/C37H39N7O/c38-33-29(6-2-15-40-33)34-43-31-12-11-30(42-35(31)44(34)28-9-7-26(8-10-28)36(39)13-3-14-36)24-4-1-5-27(19-24)41-32-25-17-22-16-23(18-25)21-37(32,45)20-22/h1-2,4-12,15,19,22-23,25,32,41,45H,3,13-14,16-18,20-21,39H2,(H2,38,40)/t22-,23?,25?,32?,37?/m0/s1. The Morgan fingerprint density at radius 1 is 0.889 bits per heavy atom. The molecule has 4 bridgehead atoms. The van der Waals surface area contributed by atoms with Crippen molar-refractivity contribution in [1.29, 1.82) is 0 Å². The first kappa shape index (κ1) is 27.1. The largest absolute Gasteiger partial charge is 0.388 e. The zero-order valence-corrected chi connectivity index (χ0v) is 25.4. The van der Waals surface area contributed by atoms with Gasteiger partial charge in [-0.25, -0.2) is 15.0 Å². The van der Waals surface area contributed by atoms with Gasteiger partial charge in [0, 0.05) is 28.7 Å². The predicted octanol–water partition coefficient (Wildman–Crippen LogP) is 6.42. The highest BCUT2D eigenvalue weighted by Gasteiger charge is 2.56. The number of nitrogen functional groups attached to an aromatic ring is 1. The maximum Gasteiger partial charge on any atom is 0.165 e. The van der Waals surface area contributed by atoms with E-state index < -0.39 is 5.60 Å². The second-order valence-electron chi connectivity index (χ2n) is 14.2. The normalized spacial score (nSPS) is 27.9. The van der Waals surface area contributed by atoms with Crippen molar-refractivity contribution in [3.05, 3.63) is 84.6 Å². The molecule has 5 atom stereocenters. The maximum absolute atomic E-state index is 11.7. The third-order valence-electron chi connectivity index (χ3n) is 11.3. The van der Waals surface area contributed by atoms with Gasteiger partial charge in [-0.15, -0.1) is 0 Å². The van der Waals surface area contributed by atoms with E-state index in [0.29, 0.717) is 29.4 Å². The summed E-state index contributed by atoms with van der Waals surface area (Å²) in [6, 6.07) is 24.9. The van der Waals surface area contributed by atoms with Crippen molar-refractivity contribution in [3.63, 3.8) is 0 Å². The highest BCUT2D eigenvalue weighted by molar-refractivity contribution is 5.84. The van der Waals surface area contributed by atoms with E-state index in [1.807, 2.05) is 24.3 Å². The summed E-state index contributed by atoms with van der Waals surface area (Å²) in [5.41, 5.74) is 19.5. The number of pyridine rings is 2. The Balaban J connectivity index is 1.11. The summed E-state index contributed by atoms with van der Waals surface area (Å²) in [5, 5.41) is 15.4. The van der Waals surface area contributed by atoms with Crippen LogP contribution in [0.3, 0.4) is 0 Å². The van der Waals surface area contributed by atoms with Gasteiger partial charge in [-0.05, 0) is 123 Å². The number of fused-ring (bicyclic) bond motifs is 1. The summed E-state index contributed by atoms with van der Waals surface area (Å²) >= 11 is 0. The maximum atomic E-state index is 11.7. The molecule has 0 radical (unpaired) electrons. The number of rotatable bonds is 6. The molecule has 45 heavy (non-hydrogen) atoms. The Morgan fingerprint density at radius 3 is 2.40 bits per heavy atom. The van der Waals surface area contributed by atoms with E-state index in [1.54, 1.807) is 6.20 Å². The minimum absolute atomic E-state index is 0.0977. The van der Waals surface area contributed by atoms with Gasteiger partial charge in [0.05, 0.1) is 22.9 Å². The molecular weight excluding hydrogens is 558 g/mol. The Hall–Kier alpha value is -4.27. The first-order valence-corrected chi connectivity index (χ1v) is 16.4. The monoisotopic (exact) mass is 597 g/mol. The molecule has 5 fully saturated rings. The highest BCUT2D eigenvalue weighted by Crippen LogP contribution is 2.56. The predicted molar refractivity (Wildman–Crippen MR) is 178 cm³/mol. The molecule has 5 saturated carbocycles. The molecule has 0 saturated heterocycles. The van der Waals surface area contributed by atoms with Crippen molar-refractivity contribution < 1.29 is 5.11 Å². The Kier molecular flexibility index (Phi) is 5.93. The summed E-state index contributed by atoms with van der Waals surface area (Å²) in [4.78, 5) is 14.6. The smallest absolute Gasteiger partial charge is 0.165 e. The third-order valence-corrected chi connectivity index (χ3v) is 11.3. The number of benzene rings is 2. The van der Waals surface area contributed by atoms with Crippen LogP contribution in [0.1, 0.15) is 56.9 Å². The third kappa shape index (κ3) is 4.37. The molecular formula is C37H39N7O. The number of aliphatic hydroxyl groups is 1. The van der Waals surface area contributed by atoms with Crippen molar-refractivity contribution in [2.75, 3.05) is 11.1 Å². The van der Waals surface area contributed by atoms with Crippen molar-refractivity contribution in [1.82, 2.24) is 19.5 Å². The lowest BCUT2D eigenvalue weighted by atomic mass is 9.52. The first-order chi connectivity index (χ1) is 21.9. The topological polar surface area (TPSA) is 128 Å². The number of hydrogen-bond acceptors (Lipinski definition) is 7. The molecule has 0 spiro atoms. The molecule has 5 aromatic rings. The molecule has 8 heteroatoms. The fourth-order valence-corrected chi connectivity index (χ4v) is 9.14. The average molecular weight is 598 g/mol. The fourth-order valence-electron chi connectivity index (χ4n) is 9.14. The number of imidazole rings is 1. The van der Waals surface area contributed by atoms with E-state index in [9.17, 15) is 5.11 Å². The Morgan fingerprint density at radius 2 is 1.69 bits per heavy atom. The molecule has 228 valence electrons. The van der Waals surface area contributed by atoms with Gasteiger partial charge in [0.2, 0.25) is 0 Å². The number of nitrogens with one attached hydrogen (secondary N) is 1. The van der Waals surface area contributed by atoms with Crippen LogP contribution in [0.2, 0.25) is 0 Å². The minimum atomic E-state index is -0.601. The molecule has 8 nitrogen and oxygen atoms in total. The lowest BCUT2D eigenvalue weighted by Crippen LogP contribution is -2.63. The lowest BCUT2D eigenvalue weighted by Gasteiger charge is -2.59. The summed E-state index contributed by atoms with van der Waals surface area (Å²) in [7, 11) is 0. The van der Waals surface area contributed by atoms with Gasteiger partial charge in [-0.2, -0.15) is 0 Å². The highest BCUT2D eigenvalue weighted by atomic mass is 16.3. The first-order valence-electron chi connectivity index (χ1n) is 16.4. The van der Waals surface area contributed by atoms with Gasteiger partial charge >= 0.3 is 0 Å². The van der Waals surface area contributed by atoms with Crippen molar-refractivity contribution >= 4 is 22.7 Å². The summed E-state index contributed by atoms with van der Waals surface area (Å²) in [6.45, 7) is 0. The quantitative estimate of drug-likeness (QED) is 0.178. The summed E-state index contributed by atoms with van der Waals surface area (Å²) in [6.07, 6.45) is 10.5. The average Bonchev–Trinajstić information content (AvgIpc) is 3.40. The van der Waals surface area contributed by atoms with Gasteiger partial charge in [-0.1, -0.05) is 24.3 Å². The molecule has 0 amide bonds. The van der Waals surface area contributed by atoms with E-state index in [1.165, 1.54) is 25.7 Å². The van der Waals surface area contributed by atoms with Crippen LogP contribution in [0.4, 0.5) is 11.5 Å². The van der Waals surface area contributed by atoms with Gasteiger partial charge in [0.1, 0.15) is 11.3 Å². The SMILES string of the molecule is Nc1ncccc1-c1nc2ccc(-c3cccc(NC4C5CC6C[C@@H](C5)CC4(O)C6)c3)nc2n1-c1ccc(C2(N)CCC2)cc1. The van der Waals surface area contributed by atoms with Crippen LogP contribution in [-0.2, 0) is 5.54 Å². The van der Waals surface area contributed by atoms with Crippen molar-refractivity contribution in [2.24, 2.45) is 23.5 Å². The lowest BCUT2D eigenvalue weighted by molar-refractivity contribution is -0.133. The Labute approximate surface area is 262 Å². The van der Waals surface area contributed by atoms with Crippen LogP contribution >= 0.6 is 0 Å². The second-order valence-corrected chi connectivity index (χ2v) is 14.2. The van der Waals surface area contributed by atoms with E-state index in [0.717, 1.165) is 70.6 Å². The van der Waals surface area contributed by atoms with Gasteiger partial charge in [0.25, 0.3) is 0 Å². The van der Waals surface area contributed by atoms with Crippen molar-refractivity contribution in [3.8, 4) is 28.3 Å². The van der Waals surface area contributed by atoms with Crippen LogP contribution in [-0.4, -0.2) is 36.3 Å². The van der Waals surface area contributed by atoms with Crippen LogP contribution in [0.5, 0.6) is 0 Å². The van der Waals surface area contributed by atoms with Crippen LogP contribution in [0, 0.1) is 17.8 Å². The van der Waals surface area contributed by atoms with E-state index >= 15 is 0 Å². The summed E-state index contributed by atoms with van der Waals surface area (Å²) in [5.74, 6) is 3.04. The van der Waals surface area contributed by atoms with E-state index in [4.69, 9.17) is 21.4 Å². The van der Waals surface area contributed by atoms with E-state index in [-0.39, 0.29) is 11.6 Å². The molecule has 2 aromatic carbocycles. The Bertz CT molecular complexity index is 1910. The molecule has 3 heterocycles. The van der Waals surface area contributed by atoms with Crippen LogP contribution in [0.15, 0.2) is 79.0 Å². The number of nitrogens with zero attached hydrogens (tertiary/aromatic N) is 4. The second kappa shape index (κ2) is 9.86. The van der Waals surface area contributed by atoms with E-state index in [2.05, 4.69) is 63.4 Å². The van der Waals surface area contributed by atoms with Crippen molar-refractivity contribution in [2.45, 2.75) is 68.5 Å². The molecule has 0 aliphatic heterocycles. The fraction of sp³-hybridized carbons (Fsp3) is 0.378. The molecule has 5 aliphatic carbocycles. The number of hydrogen-bond donors (Lipinski definition) is 4. The molecule has 5 aliphatic rings. The van der Waals surface area contributed by atoms with Gasteiger partial charge in [-0.3, -0.25) is 4.57 Å². The summed E-state index contributed by atoms with van der Waals surface area (Å²) < 4.78 is 2.08. The minimum Gasteiger partial charge on any atom is -0.388 e. The molecule has 10 rings (SSSR count). The zero-order chi connectivity index (χ0) is 30.3. The molecule has 4 unspecified atom stereocenters.